The molecular weight excluding hydrogens is 409 g/mol. The molecule has 0 saturated carbocycles. The number of carbonyl (C=O) groups is 1. The minimum atomic E-state index is 0.0260. The number of rotatable bonds is 5. The number of oxazole rings is 1. The molecule has 1 aromatic heterocycles. The second-order valence-corrected chi connectivity index (χ2v) is 7.89. The average Bonchev–Trinajstić information content (AvgIpc) is 3.22. The van der Waals surface area contributed by atoms with E-state index in [4.69, 9.17) is 27.6 Å². The summed E-state index contributed by atoms with van der Waals surface area (Å²) in [5, 5.41) is 4.49. The Morgan fingerprint density at radius 3 is 2.52 bits per heavy atom. The van der Waals surface area contributed by atoms with Gasteiger partial charge in [-0.25, -0.2) is 4.98 Å². The zero-order valence-corrected chi connectivity index (χ0v) is 17.3. The molecule has 1 aliphatic heterocycles. The molecule has 29 heavy (non-hydrogen) atoms. The van der Waals surface area contributed by atoms with Crippen LogP contribution >= 0.6 is 23.2 Å². The van der Waals surface area contributed by atoms with Crippen LogP contribution < -0.4 is 5.32 Å². The Morgan fingerprint density at radius 1 is 1.03 bits per heavy atom. The number of piperidine rings is 1. The third kappa shape index (κ3) is 4.74. The van der Waals surface area contributed by atoms with Crippen LogP contribution in [0, 0.1) is 0 Å². The molecule has 1 aliphatic rings. The molecule has 0 radical (unpaired) electrons. The predicted octanol–water partition coefficient (Wildman–Crippen LogP) is 5.89. The molecule has 1 amide bonds. The monoisotopic (exact) mass is 429 g/mol. The lowest BCUT2D eigenvalue weighted by atomic mass is 10.1. The van der Waals surface area contributed by atoms with Crippen molar-refractivity contribution in [3.05, 3.63) is 70.2 Å². The third-order valence-electron chi connectivity index (χ3n) is 4.97. The summed E-state index contributed by atoms with van der Waals surface area (Å²) in [6.45, 7) is 1.93. The molecule has 7 heteroatoms. The maximum absolute atomic E-state index is 13.0. The van der Waals surface area contributed by atoms with Crippen molar-refractivity contribution in [3.63, 3.8) is 0 Å². The standard InChI is InChI=1S/C22H21Cl2N3O2/c23-16-6-4-15(5-7-16)20-13-26-21(29-20)14-25-19-12-17(24)8-9-18(19)22(28)27-10-2-1-3-11-27/h4-9,12-13,25H,1-3,10-11,14H2. The second-order valence-electron chi connectivity index (χ2n) is 7.02. The molecule has 0 spiro atoms. The lowest BCUT2D eigenvalue weighted by Crippen LogP contribution is -2.36. The molecule has 2 heterocycles. The number of halogens is 2. The van der Waals surface area contributed by atoms with Crippen LogP contribution in [-0.4, -0.2) is 28.9 Å². The van der Waals surface area contributed by atoms with Gasteiger partial charge in [-0.15, -0.1) is 0 Å². The first kappa shape index (κ1) is 19.8. The largest absolute Gasteiger partial charge is 0.439 e. The molecular formula is C22H21Cl2N3O2. The van der Waals surface area contributed by atoms with E-state index in [-0.39, 0.29) is 5.91 Å². The quantitative estimate of drug-likeness (QED) is 0.549. The maximum Gasteiger partial charge on any atom is 0.255 e. The summed E-state index contributed by atoms with van der Waals surface area (Å²) in [7, 11) is 0. The van der Waals surface area contributed by atoms with E-state index < -0.39 is 0 Å². The topological polar surface area (TPSA) is 58.4 Å². The van der Waals surface area contributed by atoms with Gasteiger partial charge in [0, 0.05) is 34.4 Å². The van der Waals surface area contributed by atoms with Crippen LogP contribution in [0.1, 0.15) is 35.5 Å². The van der Waals surface area contributed by atoms with E-state index in [0.717, 1.165) is 31.5 Å². The fourth-order valence-electron chi connectivity index (χ4n) is 3.43. The van der Waals surface area contributed by atoms with E-state index in [1.54, 1.807) is 24.4 Å². The number of hydrogen-bond acceptors (Lipinski definition) is 4. The fraction of sp³-hybridized carbons (Fsp3) is 0.273. The number of benzene rings is 2. The van der Waals surface area contributed by atoms with Crippen molar-refractivity contribution >= 4 is 34.8 Å². The number of nitrogens with zero attached hydrogens (tertiary/aromatic N) is 2. The smallest absolute Gasteiger partial charge is 0.255 e. The van der Waals surface area contributed by atoms with Gasteiger partial charge in [0.2, 0.25) is 5.89 Å². The molecule has 0 atom stereocenters. The van der Waals surface area contributed by atoms with E-state index >= 15 is 0 Å². The average molecular weight is 430 g/mol. The highest BCUT2D eigenvalue weighted by atomic mass is 35.5. The Hall–Kier alpha value is -2.50. The Kier molecular flexibility index (Phi) is 6.07. The number of nitrogens with one attached hydrogen (secondary N) is 1. The maximum atomic E-state index is 13.0. The highest BCUT2D eigenvalue weighted by molar-refractivity contribution is 6.31. The van der Waals surface area contributed by atoms with Gasteiger partial charge in [-0.1, -0.05) is 23.2 Å². The molecule has 1 saturated heterocycles. The van der Waals surface area contributed by atoms with E-state index in [1.165, 1.54) is 6.42 Å². The van der Waals surface area contributed by atoms with Gasteiger partial charge >= 0.3 is 0 Å². The zero-order chi connectivity index (χ0) is 20.2. The van der Waals surface area contributed by atoms with E-state index in [9.17, 15) is 4.79 Å². The summed E-state index contributed by atoms with van der Waals surface area (Å²) in [5.41, 5.74) is 2.19. The Bertz CT molecular complexity index is 996. The molecule has 2 aromatic carbocycles. The molecule has 5 nitrogen and oxygen atoms in total. The van der Waals surface area contributed by atoms with Gasteiger partial charge in [0.05, 0.1) is 18.3 Å². The van der Waals surface area contributed by atoms with Crippen molar-refractivity contribution in [2.75, 3.05) is 18.4 Å². The van der Waals surface area contributed by atoms with E-state index in [0.29, 0.717) is 39.5 Å². The van der Waals surface area contributed by atoms with Crippen molar-refractivity contribution in [2.24, 2.45) is 0 Å². The fourth-order valence-corrected chi connectivity index (χ4v) is 3.73. The van der Waals surface area contributed by atoms with Gasteiger partial charge in [0.25, 0.3) is 5.91 Å². The molecule has 150 valence electrons. The lowest BCUT2D eigenvalue weighted by Gasteiger charge is -2.27. The van der Waals surface area contributed by atoms with Crippen molar-refractivity contribution in [2.45, 2.75) is 25.8 Å². The van der Waals surface area contributed by atoms with Gasteiger partial charge in [-0.2, -0.15) is 0 Å². The van der Waals surface area contributed by atoms with Crippen LogP contribution in [0.4, 0.5) is 5.69 Å². The SMILES string of the molecule is O=C(c1ccc(Cl)cc1NCc1ncc(-c2ccc(Cl)cc2)o1)N1CCCCC1. The minimum Gasteiger partial charge on any atom is -0.439 e. The van der Waals surface area contributed by atoms with Crippen molar-refractivity contribution < 1.29 is 9.21 Å². The van der Waals surface area contributed by atoms with Crippen molar-refractivity contribution in [1.82, 2.24) is 9.88 Å². The molecule has 3 aromatic rings. The van der Waals surface area contributed by atoms with Crippen molar-refractivity contribution in [1.29, 1.82) is 0 Å². The zero-order valence-electron chi connectivity index (χ0n) is 15.8. The van der Waals surface area contributed by atoms with Gasteiger partial charge < -0.3 is 14.6 Å². The number of hydrogen-bond donors (Lipinski definition) is 1. The Morgan fingerprint density at radius 2 is 1.76 bits per heavy atom. The minimum absolute atomic E-state index is 0.0260. The third-order valence-corrected chi connectivity index (χ3v) is 5.45. The lowest BCUT2D eigenvalue weighted by molar-refractivity contribution is 0.0725. The summed E-state index contributed by atoms with van der Waals surface area (Å²) in [5.74, 6) is 1.21. The van der Waals surface area contributed by atoms with Crippen molar-refractivity contribution in [3.8, 4) is 11.3 Å². The number of aromatic nitrogens is 1. The summed E-state index contributed by atoms with van der Waals surface area (Å²) in [6, 6.07) is 12.7. The van der Waals surface area contributed by atoms with Crippen LogP contribution in [0.5, 0.6) is 0 Å². The number of amides is 1. The molecule has 1 fully saturated rings. The molecule has 0 unspecified atom stereocenters. The molecule has 0 bridgehead atoms. The summed E-state index contributed by atoms with van der Waals surface area (Å²) in [4.78, 5) is 19.2. The Labute approximate surface area is 179 Å². The number of likely N-dealkylation sites (tertiary alicyclic amines) is 1. The summed E-state index contributed by atoms with van der Waals surface area (Å²) >= 11 is 12.1. The highest BCUT2D eigenvalue weighted by Crippen LogP contribution is 2.26. The summed E-state index contributed by atoms with van der Waals surface area (Å²) < 4.78 is 5.83. The normalized spacial score (nSPS) is 14.1. The number of carbonyl (C=O) groups excluding carboxylic acids is 1. The molecule has 4 rings (SSSR count). The first-order chi connectivity index (χ1) is 14.1. The molecule has 0 aliphatic carbocycles. The van der Waals surface area contributed by atoms with Crippen LogP contribution in [0.3, 0.4) is 0 Å². The summed E-state index contributed by atoms with van der Waals surface area (Å²) in [6.07, 6.45) is 4.95. The van der Waals surface area contributed by atoms with Gasteiger partial charge in [0.1, 0.15) is 0 Å². The van der Waals surface area contributed by atoms with Crippen LogP contribution in [0.15, 0.2) is 53.1 Å². The first-order valence-electron chi connectivity index (χ1n) is 9.63. The van der Waals surface area contributed by atoms with E-state index in [1.807, 2.05) is 29.2 Å². The van der Waals surface area contributed by atoms with Crippen LogP contribution in [0.2, 0.25) is 10.0 Å². The highest BCUT2D eigenvalue weighted by Gasteiger charge is 2.21. The van der Waals surface area contributed by atoms with Crippen LogP contribution in [0.25, 0.3) is 11.3 Å². The predicted molar refractivity (Wildman–Crippen MR) is 115 cm³/mol. The molecule has 1 N–H and O–H groups in total. The van der Waals surface area contributed by atoms with E-state index in [2.05, 4.69) is 10.3 Å². The number of anilines is 1. The Balaban J connectivity index is 1.49. The van der Waals surface area contributed by atoms with Crippen LogP contribution in [-0.2, 0) is 6.54 Å². The van der Waals surface area contributed by atoms with Gasteiger partial charge in [0.15, 0.2) is 5.76 Å². The van der Waals surface area contributed by atoms with Gasteiger partial charge in [-0.05, 0) is 61.7 Å². The van der Waals surface area contributed by atoms with Gasteiger partial charge in [-0.3, -0.25) is 4.79 Å². The second kappa shape index (κ2) is 8.89. The first-order valence-corrected chi connectivity index (χ1v) is 10.4.